The van der Waals surface area contributed by atoms with Crippen LogP contribution in [-0.4, -0.2) is 31.7 Å². The van der Waals surface area contributed by atoms with Crippen molar-refractivity contribution in [1.29, 1.82) is 0 Å². The third kappa shape index (κ3) is 5.92. The van der Waals surface area contributed by atoms with Crippen LogP contribution in [-0.2, 0) is 16.0 Å². The summed E-state index contributed by atoms with van der Waals surface area (Å²) in [5.74, 6) is 0.147. The van der Waals surface area contributed by atoms with Crippen LogP contribution < -0.4 is 15.5 Å². The van der Waals surface area contributed by atoms with Crippen LogP contribution in [0.5, 0.6) is 5.75 Å². The number of nitrogens with one attached hydrogen (secondary N) is 2. The smallest absolute Gasteiger partial charge is 0.259 e. The molecular formula is C18H19N3O3. The first-order valence-electron chi connectivity index (χ1n) is 7.44. The van der Waals surface area contributed by atoms with Crippen molar-refractivity contribution in [3.63, 3.8) is 0 Å². The summed E-state index contributed by atoms with van der Waals surface area (Å²) < 4.78 is 5.05. The highest BCUT2D eigenvalue weighted by Gasteiger charge is 2.05. The summed E-state index contributed by atoms with van der Waals surface area (Å²) in [5.41, 5.74) is 4.08. The number of ether oxygens (including phenoxy) is 1. The van der Waals surface area contributed by atoms with Gasteiger partial charge in [0.25, 0.3) is 5.91 Å². The Kier molecular flexibility index (Phi) is 6.52. The molecule has 0 aliphatic carbocycles. The molecule has 124 valence electrons. The van der Waals surface area contributed by atoms with Crippen LogP contribution in [0.2, 0.25) is 0 Å². The highest BCUT2D eigenvalue weighted by Crippen LogP contribution is 2.09. The monoisotopic (exact) mass is 325 g/mol. The molecule has 2 aromatic carbocycles. The first-order valence-corrected chi connectivity index (χ1v) is 7.44. The van der Waals surface area contributed by atoms with Crippen molar-refractivity contribution < 1.29 is 14.3 Å². The average molecular weight is 325 g/mol. The van der Waals surface area contributed by atoms with Crippen molar-refractivity contribution in [3.05, 3.63) is 65.7 Å². The van der Waals surface area contributed by atoms with E-state index < -0.39 is 0 Å². The van der Waals surface area contributed by atoms with E-state index in [4.69, 9.17) is 4.74 Å². The second-order valence-corrected chi connectivity index (χ2v) is 5.01. The molecule has 0 bridgehead atoms. The topological polar surface area (TPSA) is 79.8 Å². The highest BCUT2D eigenvalue weighted by molar-refractivity contribution is 5.87. The van der Waals surface area contributed by atoms with Gasteiger partial charge >= 0.3 is 0 Å². The van der Waals surface area contributed by atoms with E-state index in [0.29, 0.717) is 0 Å². The maximum Gasteiger partial charge on any atom is 0.259 e. The van der Waals surface area contributed by atoms with Crippen LogP contribution in [0.4, 0.5) is 0 Å². The molecule has 6 heteroatoms. The fraction of sp³-hybridized carbons (Fsp3) is 0.167. The largest absolute Gasteiger partial charge is 0.497 e. The number of hydrogen-bond donors (Lipinski definition) is 2. The minimum absolute atomic E-state index is 0.119. The summed E-state index contributed by atoms with van der Waals surface area (Å²) in [7, 11) is 1.59. The van der Waals surface area contributed by atoms with Crippen LogP contribution in [0.3, 0.4) is 0 Å². The Hall–Kier alpha value is -3.15. The number of benzene rings is 2. The van der Waals surface area contributed by atoms with Crippen LogP contribution in [0.15, 0.2) is 59.7 Å². The molecule has 0 aliphatic rings. The zero-order valence-electron chi connectivity index (χ0n) is 13.4. The number of hydrazone groups is 1. The van der Waals surface area contributed by atoms with Gasteiger partial charge in [0.15, 0.2) is 0 Å². The van der Waals surface area contributed by atoms with Crippen LogP contribution in [0.25, 0.3) is 0 Å². The Balaban J connectivity index is 1.70. The summed E-state index contributed by atoms with van der Waals surface area (Å²) in [5, 5.41) is 6.40. The molecule has 0 atom stereocenters. The number of rotatable bonds is 7. The lowest BCUT2D eigenvalue weighted by molar-refractivity contribution is -0.125. The molecule has 24 heavy (non-hydrogen) atoms. The fourth-order valence-corrected chi connectivity index (χ4v) is 1.93. The molecule has 2 N–H and O–H groups in total. The Morgan fingerprint density at radius 3 is 2.42 bits per heavy atom. The molecule has 0 fully saturated rings. The van der Waals surface area contributed by atoms with Gasteiger partial charge in [-0.25, -0.2) is 5.43 Å². The molecule has 0 unspecified atom stereocenters. The van der Waals surface area contributed by atoms with Gasteiger partial charge in [-0.2, -0.15) is 5.10 Å². The van der Waals surface area contributed by atoms with Crippen molar-refractivity contribution >= 4 is 18.0 Å². The van der Waals surface area contributed by atoms with Gasteiger partial charge < -0.3 is 10.1 Å². The van der Waals surface area contributed by atoms with E-state index in [1.807, 2.05) is 42.5 Å². The SMILES string of the molecule is COc1ccc(/C=N/NC(=O)CNC(=O)Cc2ccccc2)cc1. The quantitative estimate of drug-likeness (QED) is 0.598. The molecule has 0 aliphatic heterocycles. The van der Waals surface area contributed by atoms with E-state index in [0.717, 1.165) is 16.9 Å². The molecule has 0 radical (unpaired) electrons. The zero-order valence-corrected chi connectivity index (χ0v) is 13.4. The summed E-state index contributed by atoms with van der Waals surface area (Å²) in [6, 6.07) is 16.6. The highest BCUT2D eigenvalue weighted by atomic mass is 16.5. The van der Waals surface area contributed by atoms with Gasteiger partial charge in [0, 0.05) is 0 Å². The van der Waals surface area contributed by atoms with E-state index in [2.05, 4.69) is 15.8 Å². The van der Waals surface area contributed by atoms with Gasteiger partial charge in [0.1, 0.15) is 5.75 Å². The summed E-state index contributed by atoms with van der Waals surface area (Å²) in [4.78, 5) is 23.4. The summed E-state index contributed by atoms with van der Waals surface area (Å²) in [6.45, 7) is -0.119. The predicted octanol–water partition coefficient (Wildman–Crippen LogP) is 1.50. The lowest BCUT2D eigenvalue weighted by Crippen LogP contribution is -2.35. The third-order valence-corrected chi connectivity index (χ3v) is 3.17. The Morgan fingerprint density at radius 1 is 1.04 bits per heavy atom. The van der Waals surface area contributed by atoms with Crippen LogP contribution >= 0.6 is 0 Å². The Bertz CT molecular complexity index is 697. The van der Waals surface area contributed by atoms with E-state index in [9.17, 15) is 9.59 Å². The van der Waals surface area contributed by atoms with Crippen molar-refractivity contribution in [2.24, 2.45) is 5.10 Å². The standard InChI is InChI=1S/C18H19N3O3/c1-24-16-9-7-15(8-10-16)12-20-21-18(23)13-19-17(22)11-14-5-3-2-4-6-14/h2-10,12H,11,13H2,1H3,(H,19,22)(H,21,23)/b20-12+. The number of methoxy groups -OCH3 is 1. The van der Waals surface area contributed by atoms with Gasteiger partial charge in [-0.3, -0.25) is 9.59 Å². The van der Waals surface area contributed by atoms with Gasteiger partial charge in [0.05, 0.1) is 26.3 Å². The maximum absolute atomic E-state index is 11.7. The number of amides is 2. The van der Waals surface area contributed by atoms with E-state index in [-0.39, 0.29) is 24.8 Å². The predicted molar refractivity (Wildman–Crippen MR) is 91.9 cm³/mol. The maximum atomic E-state index is 11.7. The summed E-state index contributed by atoms with van der Waals surface area (Å²) >= 11 is 0. The molecule has 0 heterocycles. The number of hydrogen-bond acceptors (Lipinski definition) is 4. The van der Waals surface area contributed by atoms with Gasteiger partial charge in [-0.05, 0) is 35.4 Å². The molecular weight excluding hydrogens is 306 g/mol. The lowest BCUT2D eigenvalue weighted by atomic mass is 10.1. The second-order valence-electron chi connectivity index (χ2n) is 5.01. The number of nitrogens with zero attached hydrogens (tertiary/aromatic N) is 1. The first-order chi connectivity index (χ1) is 11.7. The molecule has 2 rings (SSSR count). The molecule has 0 spiro atoms. The number of carbonyl (C=O) groups excluding carboxylic acids is 2. The average Bonchev–Trinajstić information content (AvgIpc) is 2.61. The normalized spacial score (nSPS) is 10.4. The molecule has 2 aromatic rings. The molecule has 6 nitrogen and oxygen atoms in total. The Labute approximate surface area is 140 Å². The minimum Gasteiger partial charge on any atom is -0.497 e. The third-order valence-electron chi connectivity index (χ3n) is 3.17. The van der Waals surface area contributed by atoms with Crippen LogP contribution in [0, 0.1) is 0 Å². The molecule has 2 amide bonds. The first kappa shape index (κ1) is 17.2. The Morgan fingerprint density at radius 2 is 1.75 bits per heavy atom. The van der Waals surface area contributed by atoms with Crippen molar-refractivity contribution in [2.75, 3.05) is 13.7 Å². The molecule has 0 saturated carbocycles. The van der Waals surface area contributed by atoms with E-state index in [1.54, 1.807) is 19.2 Å². The van der Waals surface area contributed by atoms with E-state index in [1.165, 1.54) is 6.21 Å². The summed E-state index contributed by atoms with van der Waals surface area (Å²) in [6.07, 6.45) is 1.76. The van der Waals surface area contributed by atoms with Gasteiger partial charge in [0.2, 0.25) is 5.91 Å². The fourth-order valence-electron chi connectivity index (χ4n) is 1.93. The molecule has 0 saturated heterocycles. The van der Waals surface area contributed by atoms with Crippen molar-refractivity contribution in [3.8, 4) is 5.75 Å². The van der Waals surface area contributed by atoms with Crippen molar-refractivity contribution in [2.45, 2.75) is 6.42 Å². The van der Waals surface area contributed by atoms with Crippen LogP contribution in [0.1, 0.15) is 11.1 Å². The lowest BCUT2D eigenvalue weighted by Gasteiger charge is -2.04. The van der Waals surface area contributed by atoms with Gasteiger partial charge in [-0.15, -0.1) is 0 Å². The van der Waals surface area contributed by atoms with E-state index >= 15 is 0 Å². The zero-order chi connectivity index (χ0) is 17.2. The minimum atomic E-state index is -0.388. The van der Waals surface area contributed by atoms with Crippen molar-refractivity contribution in [1.82, 2.24) is 10.7 Å². The van der Waals surface area contributed by atoms with Gasteiger partial charge in [-0.1, -0.05) is 30.3 Å². The number of carbonyl (C=O) groups is 2. The second kappa shape index (κ2) is 9.09. The molecule has 0 aromatic heterocycles.